The lowest BCUT2D eigenvalue weighted by molar-refractivity contribution is -0.143. The van der Waals surface area contributed by atoms with Gasteiger partial charge < -0.3 is 10.6 Å². The van der Waals surface area contributed by atoms with Crippen molar-refractivity contribution in [2.24, 2.45) is 11.7 Å². The van der Waals surface area contributed by atoms with Crippen molar-refractivity contribution in [3.63, 3.8) is 0 Å². The minimum Gasteiger partial charge on any atom is -0.336 e. The molecule has 0 aromatic rings. The lowest BCUT2D eigenvalue weighted by Gasteiger charge is -2.46. The van der Waals surface area contributed by atoms with Gasteiger partial charge in [0.05, 0.1) is 0 Å². The van der Waals surface area contributed by atoms with E-state index >= 15 is 0 Å². The average Bonchev–Trinajstić information content (AvgIpc) is 2.23. The van der Waals surface area contributed by atoms with Crippen molar-refractivity contribution in [3.8, 4) is 0 Å². The van der Waals surface area contributed by atoms with E-state index in [1.165, 1.54) is 0 Å². The Morgan fingerprint density at radius 1 is 1.44 bits per heavy atom. The first-order valence-corrected chi connectivity index (χ1v) is 6.49. The van der Waals surface area contributed by atoms with E-state index in [4.69, 9.17) is 5.73 Å². The fourth-order valence-corrected chi connectivity index (χ4v) is 2.49. The van der Waals surface area contributed by atoms with E-state index in [0.29, 0.717) is 5.91 Å². The summed E-state index contributed by atoms with van der Waals surface area (Å²) >= 11 is 0. The summed E-state index contributed by atoms with van der Waals surface area (Å²) in [5, 5.41) is 0. The largest absolute Gasteiger partial charge is 0.336 e. The van der Waals surface area contributed by atoms with Crippen LogP contribution in [0.5, 0.6) is 0 Å². The number of piperidine rings is 1. The molecule has 1 saturated heterocycles. The molecule has 3 nitrogen and oxygen atoms in total. The minimum absolute atomic E-state index is 0.0183. The summed E-state index contributed by atoms with van der Waals surface area (Å²) in [5.41, 5.74) is 5.95. The fraction of sp³-hybridized carbons (Fsp3) is 0.923. The number of nitrogens with zero attached hydrogens (tertiary/aromatic N) is 1. The van der Waals surface area contributed by atoms with Crippen molar-refractivity contribution in [2.45, 2.75) is 65.0 Å². The molecule has 94 valence electrons. The highest BCUT2D eigenvalue weighted by molar-refractivity contribution is 5.79. The number of nitrogens with two attached hydrogens (primary N) is 1. The number of hydrogen-bond donors (Lipinski definition) is 1. The van der Waals surface area contributed by atoms with Crippen LogP contribution in [0, 0.1) is 5.92 Å². The smallest absolute Gasteiger partial charge is 0.226 e. The van der Waals surface area contributed by atoms with Crippen molar-refractivity contribution in [1.82, 2.24) is 4.90 Å². The highest BCUT2D eigenvalue weighted by Gasteiger charge is 2.37. The maximum atomic E-state index is 12.4. The van der Waals surface area contributed by atoms with Crippen molar-refractivity contribution in [3.05, 3.63) is 0 Å². The molecule has 0 bridgehead atoms. The Balaban J connectivity index is 2.78. The maximum Gasteiger partial charge on any atom is 0.226 e. The van der Waals surface area contributed by atoms with Gasteiger partial charge in [0, 0.05) is 24.0 Å². The normalized spacial score (nSPS) is 24.9. The monoisotopic (exact) mass is 226 g/mol. The number of amides is 1. The SMILES string of the molecule is CCC(CC)C(=O)N1CC(N)CCC1(C)C. The molecule has 3 heteroatoms. The Kier molecular flexibility index (Phi) is 4.36. The Hall–Kier alpha value is -0.570. The molecule has 1 heterocycles. The quantitative estimate of drug-likeness (QED) is 0.801. The predicted molar refractivity (Wildman–Crippen MR) is 67.1 cm³/mol. The summed E-state index contributed by atoms with van der Waals surface area (Å²) in [5.74, 6) is 0.467. The molecule has 0 aromatic carbocycles. The van der Waals surface area contributed by atoms with E-state index in [2.05, 4.69) is 27.7 Å². The second-order valence-electron chi connectivity index (χ2n) is 5.57. The molecule has 1 unspecified atom stereocenters. The number of likely N-dealkylation sites (tertiary alicyclic amines) is 1. The van der Waals surface area contributed by atoms with Crippen molar-refractivity contribution >= 4 is 5.91 Å². The van der Waals surface area contributed by atoms with E-state index in [1.54, 1.807) is 0 Å². The van der Waals surface area contributed by atoms with Gasteiger partial charge in [-0.15, -0.1) is 0 Å². The molecule has 1 aliphatic rings. The van der Waals surface area contributed by atoms with Crippen LogP contribution >= 0.6 is 0 Å². The topological polar surface area (TPSA) is 46.3 Å². The number of hydrogen-bond acceptors (Lipinski definition) is 2. The Morgan fingerprint density at radius 2 is 2.00 bits per heavy atom. The van der Waals surface area contributed by atoms with Gasteiger partial charge in [0.2, 0.25) is 5.91 Å². The van der Waals surface area contributed by atoms with Crippen LogP contribution in [0.25, 0.3) is 0 Å². The first-order valence-electron chi connectivity index (χ1n) is 6.49. The molecular formula is C13H26N2O. The van der Waals surface area contributed by atoms with Crippen LogP contribution in [0.15, 0.2) is 0 Å². The third kappa shape index (κ3) is 2.76. The van der Waals surface area contributed by atoms with Crippen LogP contribution in [0.1, 0.15) is 53.4 Å². The summed E-state index contributed by atoms with van der Waals surface area (Å²) in [4.78, 5) is 14.4. The Labute approximate surface area is 99.4 Å². The molecule has 1 aliphatic heterocycles. The molecule has 1 fully saturated rings. The van der Waals surface area contributed by atoms with E-state index < -0.39 is 0 Å². The summed E-state index contributed by atoms with van der Waals surface area (Å²) in [7, 11) is 0. The lowest BCUT2D eigenvalue weighted by Crippen LogP contribution is -2.58. The van der Waals surface area contributed by atoms with Gasteiger partial charge in [-0.3, -0.25) is 4.79 Å². The van der Waals surface area contributed by atoms with Gasteiger partial charge in [-0.1, -0.05) is 13.8 Å². The van der Waals surface area contributed by atoms with E-state index in [-0.39, 0.29) is 17.5 Å². The Morgan fingerprint density at radius 3 is 2.50 bits per heavy atom. The first-order chi connectivity index (χ1) is 7.42. The van der Waals surface area contributed by atoms with Crippen LogP contribution in [0.3, 0.4) is 0 Å². The van der Waals surface area contributed by atoms with Gasteiger partial charge in [0.25, 0.3) is 0 Å². The van der Waals surface area contributed by atoms with Gasteiger partial charge in [-0.2, -0.15) is 0 Å². The molecule has 0 spiro atoms. The molecule has 1 rings (SSSR count). The maximum absolute atomic E-state index is 12.4. The average molecular weight is 226 g/mol. The van der Waals surface area contributed by atoms with Gasteiger partial charge in [0.1, 0.15) is 0 Å². The number of rotatable bonds is 3. The molecule has 1 atom stereocenters. The van der Waals surface area contributed by atoms with Crippen molar-refractivity contribution in [2.75, 3.05) is 6.54 Å². The molecule has 0 aromatic heterocycles. The summed E-state index contributed by atoms with van der Waals surface area (Å²) in [6.07, 6.45) is 3.90. The zero-order valence-electron chi connectivity index (χ0n) is 11.1. The second kappa shape index (κ2) is 5.17. The minimum atomic E-state index is -0.0183. The molecule has 1 amide bonds. The molecule has 0 aliphatic carbocycles. The molecule has 0 radical (unpaired) electrons. The highest BCUT2D eigenvalue weighted by atomic mass is 16.2. The standard InChI is InChI=1S/C13H26N2O/c1-5-10(6-2)12(16)15-9-11(14)7-8-13(15,3)4/h10-11H,5-9,14H2,1-4H3. The summed E-state index contributed by atoms with van der Waals surface area (Å²) in [6.45, 7) is 9.20. The third-order valence-electron chi connectivity index (χ3n) is 3.88. The third-order valence-corrected chi connectivity index (χ3v) is 3.88. The van der Waals surface area contributed by atoms with Crippen LogP contribution in [-0.2, 0) is 4.79 Å². The molecule has 16 heavy (non-hydrogen) atoms. The number of carbonyl (C=O) groups excluding carboxylic acids is 1. The van der Waals surface area contributed by atoms with Gasteiger partial charge in [-0.25, -0.2) is 0 Å². The zero-order chi connectivity index (χ0) is 12.3. The summed E-state index contributed by atoms with van der Waals surface area (Å²) in [6, 6.07) is 0.159. The van der Waals surface area contributed by atoms with Crippen LogP contribution < -0.4 is 5.73 Å². The Bertz CT molecular complexity index is 246. The number of carbonyl (C=O) groups is 1. The molecular weight excluding hydrogens is 200 g/mol. The molecule has 2 N–H and O–H groups in total. The van der Waals surface area contributed by atoms with Gasteiger partial charge in [-0.05, 0) is 39.5 Å². The van der Waals surface area contributed by atoms with Crippen molar-refractivity contribution in [1.29, 1.82) is 0 Å². The van der Waals surface area contributed by atoms with E-state index in [9.17, 15) is 4.79 Å². The zero-order valence-corrected chi connectivity index (χ0v) is 11.1. The van der Waals surface area contributed by atoms with E-state index in [1.807, 2.05) is 4.90 Å². The molecule has 0 saturated carbocycles. The van der Waals surface area contributed by atoms with Gasteiger partial charge >= 0.3 is 0 Å². The van der Waals surface area contributed by atoms with Crippen LogP contribution in [0.2, 0.25) is 0 Å². The van der Waals surface area contributed by atoms with Crippen molar-refractivity contribution < 1.29 is 4.79 Å². The fourth-order valence-electron chi connectivity index (χ4n) is 2.49. The van der Waals surface area contributed by atoms with E-state index in [0.717, 1.165) is 32.2 Å². The second-order valence-corrected chi connectivity index (χ2v) is 5.57. The first kappa shape index (κ1) is 13.5. The predicted octanol–water partition coefficient (Wildman–Crippen LogP) is 2.15. The lowest BCUT2D eigenvalue weighted by atomic mass is 9.86. The highest BCUT2D eigenvalue weighted by Crippen LogP contribution is 2.29. The summed E-state index contributed by atoms with van der Waals surface area (Å²) < 4.78 is 0. The van der Waals surface area contributed by atoms with Gasteiger partial charge in [0.15, 0.2) is 0 Å². The van der Waals surface area contributed by atoms with Crippen LogP contribution in [0.4, 0.5) is 0 Å². The van der Waals surface area contributed by atoms with Crippen LogP contribution in [-0.4, -0.2) is 28.9 Å².